The molecule has 24 heavy (non-hydrogen) atoms. The fourth-order valence-electron chi connectivity index (χ4n) is 2.12. The van der Waals surface area contributed by atoms with Gasteiger partial charge in [-0.25, -0.2) is 0 Å². The molecule has 0 aliphatic heterocycles. The van der Waals surface area contributed by atoms with Crippen molar-refractivity contribution in [3.63, 3.8) is 0 Å². The topological polar surface area (TPSA) is 79.9 Å². The van der Waals surface area contributed by atoms with Crippen LogP contribution in [0.25, 0.3) is 11.4 Å². The predicted octanol–water partition coefficient (Wildman–Crippen LogP) is 4.15. The lowest BCUT2D eigenvalue weighted by Gasteiger charge is -2.05. The fourth-order valence-corrected chi connectivity index (χ4v) is 2.68. The second-order valence-electron chi connectivity index (χ2n) is 4.79. The maximum Gasteiger partial charge on any atom is 0.259 e. The number of ether oxygens (including phenoxy) is 1. The van der Waals surface area contributed by atoms with Crippen molar-refractivity contribution in [2.75, 3.05) is 12.4 Å². The van der Waals surface area contributed by atoms with Crippen LogP contribution >= 0.6 is 27.5 Å². The average molecular weight is 408 g/mol. The first kappa shape index (κ1) is 16.5. The van der Waals surface area contributed by atoms with Crippen molar-refractivity contribution < 1.29 is 9.53 Å². The third-order valence-corrected chi connectivity index (χ3v) is 4.07. The highest BCUT2D eigenvalue weighted by molar-refractivity contribution is 9.10. The molecule has 1 heterocycles. The largest absolute Gasteiger partial charge is 0.496 e. The van der Waals surface area contributed by atoms with Crippen molar-refractivity contribution >= 4 is 39.4 Å². The van der Waals surface area contributed by atoms with Gasteiger partial charge in [-0.05, 0) is 30.3 Å². The molecule has 0 fully saturated rings. The van der Waals surface area contributed by atoms with Gasteiger partial charge < -0.3 is 4.74 Å². The molecule has 0 spiro atoms. The van der Waals surface area contributed by atoms with Crippen LogP contribution in [0.2, 0.25) is 5.02 Å². The Morgan fingerprint density at radius 3 is 2.88 bits per heavy atom. The molecule has 0 aliphatic rings. The van der Waals surface area contributed by atoms with Crippen molar-refractivity contribution in [3.05, 3.63) is 57.5 Å². The SMILES string of the molecule is COc1ccccc1-c1nc(NC(=O)c2cc(Br)ccc2Cl)n[nH]1. The first-order valence-electron chi connectivity index (χ1n) is 6.90. The lowest BCUT2D eigenvalue weighted by atomic mass is 10.2. The molecule has 1 aromatic heterocycles. The summed E-state index contributed by atoms with van der Waals surface area (Å²) in [5.74, 6) is 0.897. The number of nitrogens with zero attached hydrogens (tertiary/aromatic N) is 2. The van der Waals surface area contributed by atoms with Crippen molar-refractivity contribution in [2.24, 2.45) is 0 Å². The number of aromatic nitrogens is 3. The number of halogens is 2. The summed E-state index contributed by atoms with van der Waals surface area (Å²) in [6.45, 7) is 0. The van der Waals surface area contributed by atoms with Crippen LogP contribution in [0.3, 0.4) is 0 Å². The van der Waals surface area contributed by atoms with Crippen LogP contribution in [0.4, 0.5) is 5.95 Å². The van der Waals surface area contributed by atoms with Gasteiger partial charge in [0.05, 0.1) is 23.3 Å². The van der Waals surface area contributed by atoms with Gasteiger partial charge in [0.1, 0.15) is 5.75 Å². The Hall–Kier alpha value is -2.38. The Morgan fingerprint density at radius 1 is 1.29 bits per heavy atom. The minimum absolute atomic E-state index is 0.150. The number of benzene rings is 2. The van der Waals surface area contributed by atoms with Crippen LogP contribution in [0.1, 0.15) is 10.4 Å². The van der Waals surface area contributed by atoms with Crippen molar-refractivity contribution in [2.45, 2.75) is 0 Å². The van der Waals surface area contributed by atoms with Gasteiger partial charge in [0.15, 0.2) is 5.82 Å². The highest BCUT2D eigenvalue weighted by Crippen LogP contribution is 2.27. The van der Waals surface area contributed by atoms with E-state index in [-0.39, 0.29) is 5.95 Å². The molecule has 0 bridgehead atoms. The smallest absolute Gasteiger partial charge is 0.259 e. The number of methoxy groups -OCH3 is 1. The number of nitrogens with one attached hydrogen (secondary N) is 2. The number of H-pyrrole nitrogens is 1. The van der Waals surface area contributed by atoms with Crippen LogP contribution in [-0.4, -0.2) is 28.2 Å². The molecule has 2 N–H and O–H groups in total. The summed E-state index contributed by atoms with van der Waals surface area (Å²) in [5, 5.41) is 9.75. The summed E-state index contributed by atoms with van der Waals surface area (Å²) < 4.78 is 6.04. The summed E-state index contributed by atoms with van der Waals surface area (Å²) in [5.41, 5.74) is 1.07. The molecule has 2 aromatic carbocycles. The van der Waals surface area contributed by atoms with E-state index in [1.807, 2.05) is 24.3 Å². The third kappa shape index (κ3) is 3.42. The van der Waals surface area contributed by atoms with E-state index in [1.165, 1.54) is 0 Å². The number of hydrogen-bond donors (Lipinski definition) is 2. The fraction of sp³-hybridized carbons (Fsp3) is 0.0625. The van der Waals surface area contributed by atoms with E-state index in [2.05, 4.69) is 36.4 Å². The number of amides is 1. The lowest BCUT2D eigenvalue weighted by molar-refractivity contribution is 0.102. The van der Waals surface area contributed by atoms with E-state index >= 15 is 0 Å². The number of aromatic amines is 1. The summed E-state index contributed by atoms with van der Waals surface area (Å²) in [7, 11) is 1.58. The minimum atomic E-state index is -0.396. The standard InChI is InChI=1S/C16H12BrClN4O2/c1-24-13-5-3-2-4-10(13)14-19-16(22-21-14)20-15(23)11-8-9(17)6-7-12(11)18/h2-8H,1H3,(H2,19,20,21,22,23). The summed E-state index contributed by atoms with van der Waals surface area (Å²) in [6.07, 6.45) is 0. The molecule has 1 amide bonds. The summed E-state index contributed by atoms with van der Waals surface area (Å²) in [6, 6.07) is 12.4. The molecular weight excluding hydrogens is 396 g/mol. The zero-order valence-electron chi connectivity index (χ0n) is 12.5. The Morgan fingerprint density at radius 2 is 2.08 bits per heavy atom. The van der Waals surface area contributed by atoms with E-state index < -0.39 is 5.91 Å². The van der Waals surface area contributed by atoms with Gasteiger partial charge in [0.2, 0.25) is 5.95 Å². The van der Waals surface area contributed by atoms with Crippen molar-refractivity contribution in [3.8, 4) is 17.1 Å². The van der Waals surface area contributed by atoms with E-state index in [0.29, 0.717) is 22.2 Å². The van der Waals surface area contributed by atoms with Crippen LogP contribution in [-0.2, 0) is 0 Å². The molecule has 0 aliphatic carbocycles. The molecule has 0 saturated heterocycles. The van der Waals surface area contributed by atoms with Crippen LogP contribution in [0.15, 0.2) is 46.9 Å². The van der Waals surface area contributed by atoms with Gasteiger partial charge in [-0.1, -0.05) is 39.7 Å². The van der Waals surface area contributed by atoms with Gasteiger partial charge in [0, 0.05) is 4.47 Å². The van der Waals surface area contributed by atoms with Crippen molar-refractivity contribution in [1.82, 2.24) is 15.2 Å². The zero-order chi connectivity index (χ0) is 17.1. The first-order valence-corrected chi connectivity index (χ1v) is 8.08. The highest BCUT2D eigenvalue weighted by Gasteiger charge is 2.15. The third-order valence-electron chi connectivity index (χ3n) is 3.25. The molecule has 0 unspecified atom stereocenters. The Kier molecular flexibility index (Phi) is 4.82. The lowest BCUT2D eigenvalue weighted by Crippen LogP contribution is -2.13. The van der Waals surface area contributed by atoms with Gasteiger partial charge in [-0.15, -0.1) is 5.10 Å². The second kappa shape index (κ2) is 7.02. The summed E-state index contributed by atoms with van der Waals surface area (Å²) >= 11 is 9.36. The number of para-hydroxylation sites is 1. The van der Waals surface area contributed by atoms with E-state index in [1.54, 1.807) is 25.3 Å². The molecule has 3 aromatic rings. The van der Waals surface area contributed by atoms with Gasteiger partial charge in [-0.2, -0.15) is 4.98 Å². The number of carbonyl (C=O) groups excluding carboxylic acids is 1. The van der Waals surface area contributed by atoms with Crippen LogP contribution < -0.4 is 10.1 Å². The molecule has 0 radical (unpaired) electrons. The number of carbonyl (C=O) groups is 1. The highest BCUT2D eigenvalue weighted by atomic mass is 79.9. The molecule has 3 rings (SSSR count). The van der Waals surface area contributed by atoms with Gasteiger partial charge in [0.25, 0.3) is 5.91 Å². The van der Waals surface area contributed by atoms with E-state index in [4.69, 9.17) is 16.3 Å². The second-order valence-corrected chi connectivity index (χ2v) is 6.11. The van der Waals surface area contributed by atoms with Crippen molar-refractivity contribution in [1.29, 1.82) is 0 Å². The number of hydrogen-bond acceptors (Lipinski definition) is 4. The molecule has 6 nitrogen and oxygen atoms in total. The molecule has 8 heteroatoms. The zero-order valence-corrected chi connectivity index (χ0v) is 14.9. The van der Waals surface area contributed by atoms with Crippen LogP contribution in [0.5, 0.6) is 5.75 Å². The minimum Gasteiger partial charge on any atom is -0.496 e. The number of anilines is 1. The van der Waals surface area contributed by atoms with Crippen LogP contribution in [0, 0.1) is 0 Å². The normalized spacial score (nSPS) is 10.5. The molecule has 122 valence electrons. The average Bonchev–Trinajstić information content (AvgIpc) is 3.05. The Labute approximate surface area is 151 Å². The Bertz CT molecular complexity index is 897. The maximum atomic E-state index is 12.3. The molecule has 0 atom stereocenters. The molecular formula is C16H12BrClN4O2. The van der Waals surface area contributed by atoms with Gasteiger partial charge >= 0.3 is 0 Å². The summed E-state index contributed by atoms with van der Waals surface area (Å²) in [4.78, 5) is 16.6. The van der Waals surface area contributed by atoms with Gasteiger partial charge in [-0.3, -0.25) is 15.2 Å². The van der Waals surface area contributed by atoms with E-state index in [0.717, 1.165) is 10.0 Å². The Balaban J connectivity index is 1.84. The number of rotatable bonds is 4. The van der Waals surface area contributed by atoms with E-state index in [9.17, 15) is 4.79 Å². The first-order chi connectivity index (χ1) is 11.6. The quantitative estimate of drug-likeness (QED) is 0.681. The predicted molar refractivity (Wildman–Crippen MR) is 95.5 cm³/mol. The molecule has 0 saturated carbocycles. The monoisotopic (exact) mass is 406 g/mol. The maximum absolute atomic E-state index is 12.3.